The SMILES string of the molecule is CC.CC1=C(C)CCC(CC2=CC(C)=C(C)CC2)=C1. The molecular weight excluding hydrogens is 228 g/mol. The molecule has 0 unspecified atom stereocenters. The Morgan fingerprint density at radius 2 is 1.05 bits per heavy atom. The minimum atomic E-state index is 1.20. The summed E-state index contributed by atoms with van der Waals surface area (Å²) in [5.74, 6) is 0. The molecule has 0 amide bonds. The van der Waals surface area contributed by atoms with Crippen molar-refractivity contribution in [2.75, 3.05) is 0 Å². The molecule has 0 spiro atoms. The van der Waals surface area contributed by atoms with Crippen LogP contribution in [-0.2, 0) is 0 Å². The second-order valence-electron chi connectivity index (χ2n) is 5.71. The van der Waals surface area contributed by atoms with E-state index in [1.165, 1.54) is 43.3 Å². The zero-order valence-electron chi connectivity index (χ0n) is 13.7. The maximum atomic E-state index is 2.42. The van der Waals surface area contributed by atoms with Gasteiger partial charge in [-0.15, -0.1) is 0 Å². The van der Waals surface area contributed by atoms with Crippen LogP contribution in [0.2, 0.25) is 0 Å². The third-order valence-electron chi connectivity index (χ3n) is 4.28. The van der Waals surface area contributed by atoms with Gasteiger partial charge in [0.25, 0.3) is 0 Å². The molecule has 0 atom stereocenters. The van der Waals surface area contributed by atoms with E-state index in [0.29, 0.717) is 0 Å². The maximum Gasteiger partial charge on any atom is -0.0102 e. The molecule has 0 nitrogen and oxygen atoms in total. The molecule has 0 heteroatoms. The largest absolute Gasteiger partial charge is 0.0701 e. The van der Waals surface area contributed by atoms with Crippen LogP contribution < -0.4 is 0 Å². The lowest BCUT2D eigenvalue weighted by Crippen LogP contribution is -2.00. The van der Waals surface area contributed by atoms with Crippen LogP contribution in [0.1, 0.15) is 73.6 Å². The van der Waals surface area contributed by atoms with E-state index in [2.05, 4.69) is 39.8 Å². The van der Waals surface area contributed by atoms with Gasteiger partial charge in [0.1, 0.15) is 0 Å². The molecule has 0 saturated carbocycles. The van der Waals surface area contributed by atoms with Crippen molar-refractivity contribution < 1.29 is 0 Å². The average molecular weight is 258 g/mol. The average Bonchev–Trinajstić information content (AvgIpc) is 2.41. The third kappa shape index (κ3) is 4.53. The Labute approximate surface area is 120 Å². The highest BCUT2D eigenvalue weighted by molar-refractivity contribution is 5.37. The molecule has 2 rings (SSSR count). The van der Waals surface area contributed by atoms with E-state index in [4.69, 9.17) is 0 Å². The van der Waals surface area contributed by atoms with Gasteiger partial charge in [-0.1, -0.05) is 59.4 Å². The molecule has 0 heterocycles. The van der Waals surface area contributed by atoms with Crippen molar-refractivity contribution >= 4 is 0 Å². The van der Waals surface area contributed by atoms with Crippen LogP contribution in [0.25, 0.3) is 0 Å². The van der Waals surface area contributed by atoms with Crippen molar-refractivity contribution in [2.24, 2.45) is 0 Å². The molecule has 0 radical (unpaired) electrons. The van der Waals surface area contributed by atoms with E-state index in [0.717, 1.165) is 0 Å². The molecule has 19 heavy (non-hydrogen) atoms. The smallest absolute Gasteiger partial charge is 0.0102 e. The van der Waals surface area contributed by atoms with Gasteiger partial charge < -0.3 is 0 Å². The van der Waals surface area contributed by atoms with Crippen LogP contribution in [-0.4, -0.2) is 0 Å². The molecule has 0 aromatic heterocycles. The lowest BCUT2D eigenvalue weighted by atomic mass is 9.86. The van der Waals surface area contributed by atoms with Crippen LogP contribution in [0.5, 0.6) is 0 Å². The van der Waals surface area contributed by atoms with Crippen LogP contribution >= 0.6 is 0 Å². The molecule has 0 saturated heterocycles. The molecule has 0 fully saturated rings. The highest BCUT2D eigenvalue weighted by Gasteiger charge is 2.12. The molecule has 0 aromatic carbocycles. The summed E-state index contributed by atoms with van der Waals surface area (Å²) >= 11 is 0. The van der Waals surface area contributed by atoms with E-state index in [9.17, 15) is 0 Å². The van der Waals surface area contributed by atoms with E-state index in [-0.39, 0.29) is 0 Å². The van der Waals surface area contributed by atoms with Gasteiger partial charge in [-0.2, -0.15) is 0 Å². The maximum absolute atomic E-state index is 2.42. The predicted octanol–water partition coefficient (Wildman–Crippen LogP) is 6.52. The highest BCUT2D eigenvalue weighted by atomic mass is 14.2. The van der Waals surface area contributed by atoms with E-state index in [1.54, 1.807) is 22.3 Å². The van der Waals surface area contributed by atoms with Crippen LogP contribution in [0.15, 0.2) is 45.6 Å². The summed E-state index contributed by atoms with van der Waals surface area (Å²) in [5, 5.41) is 0. The molecule has 0 aromatic rings. The Hall–Kier alpha value is -1.04. The number of hydrogen-bond acceptors (Lipinski definition) is 0. The number of rotatable bonds is 2. The van der Waals surface area contributed by atoms with Crippen molar-refractivity contribution in [3.63, 3.8) is 0 Å². The summed E-state index contributed by atoms with van der Waals surface area (Å²) in [7, 11) is 0. The van der Waals surface area contributed by atoms with Crippen LogP contribution in [0, 0.1) is 0 Å². The lowest BCUT2D eigenvalue weighted by Gasteiger charge is -2.20. The minimum absolute atomic E-state index is 1.20. The van der Waals surface area contributed by atoms with Gasteiger partial charge in [0, 0.05) is 0 Å². The fourth-order valence-electron chi connectivity index (χ4n) is 2.66. The first kappa shape index (κ1) is 16.0. The Bertz CT molecular complexity index is 397. The first-order valence-corrected chi connectivity index (χ1v) is 7.78. The molecule has 0 aliphatic heterocycles. The van der Waals surface area contributed by atoms with Crippen LogP contribution in [0.3, 0.4) is 0 Å². The Kier molecular flexibility index (Phi) is 6.34. The zero-order chi connectivity index (χ0) is 14.4. The quantitative estimate of drug-likeness (QED) is 0.529. The first-order valence-electron chi connectivity index (χ1n) is 7.78. The minimum Gasteiger partial charge on any atom is -0.0701 e. The Balaban J connectivity index is 0.000000861. The van der Waals surface area contributed by atoms with Crippen LogP contribution in [0.4, 0.5) is 0 Å². The summed E-state index contributed by atoms with van der Waals surface area (Å²) in [5.41, 5.74) is 9.38. The second kappa shape index (κ2) is 7.53. The third-order valence-corrected chi connectivity index (χ3v) is 4.28. The molecule has 2 aliphatic carbocycles. The van der Waals surface area contributed by atoms with Crippen molar-refractivity contribution in [1.29, 1.82) is 0 Å². The monoisotopic (exact) mass is 258 g/mol. The standard InChI is InChI=1S/C17H24.C2H6/c1-12-5-7-16(9-14(12)3)11-17-8-6-13(2)15(4)10-17;1-2/h9-10H,5-8,11H2,1-4H3;1-2H3. The lowest BCUT2D eigenvalue weighted by molar-refractivity contribution is 0.801. The van der Waals surface area contributed by atoms with Gasteiger partial charge in [0.2, 0.25) is 0 Å². The van der Waals surface area contributed by atoms with Gasteiger partial charge in [-0.25, -0.2) is 0 Å². The predicted molar refractivity (Wildman–Crippen MR) is 87.3 cm³/mol. The molecule has 106 valence electrons. The molecular formula is C19H30. The van der Waals surface area contributed by atoms with E-state index < -0.39 is 0 Å². The summed E-state index contributed by atoms with van der Waals surface area (Å²) in [6.45, 7) is 13.0. The van der Waals surface area contributed by atoms with Gasteiger partial charge >= 0.3 is 0 Å². The molecule has 0 bridgehead atoms. The van der Waals surface area contributed by atoms with E-state index in [1.807, 2.05) is 13.8 Å². The van der Waals surface area contributed by atoms with Crippen molar-refractivity contribution in [1.82, 2.24) is 0 Å². The highest BCUT2D eigenvalue weighted by Crippen LogP contribution is 2.32. The van der Waals surface area contributed by atoms with Gasteiger partial charge in [-0.05, 0) is 59.8 Å². The van der Waals surface area contributed by atoms with Gasteiger partial charge in [-0.3, -0.25) is 0 Å². The van der Waals surface area contributed by atoms with Crippen molar-refractivity contribution in [3.05, 3.63) is 45.6 Å². The normalized spacial score (nSPS) is 19.7. The summed E-state index contributed by atoms with van der Waals surface area (Å²) in [4.78, 5) is 0. The summed E-state index contributed by atoms with van der Waals surface area (Å²) in [6, 6.07) is 0. The van der Waals surface area contributed by atoms with E-state index >= 15 is 0 Å². The number of allylic oxidation sites excluding steroid dienone is 8. The number of hydrogen-bond donors (Lipinski definition) is 0. The fourth-order valence-corrected chi connectivity index (χ4v) is 2.66. The molecule has 0 N–H and O–H groups in total. The summed E-state index contributed by atoms with van der Waals surface area (Å²) in [6.07, 6.45) is 11.1. The van der Waals surface area contributed by atoms with Crippen molar-refractivity contribution in [2.45, 2.75) is 73.6 Å². The first-order chi connectivity index (χ1) is 9.06. The Morgan fingerprint density at radius 1 is 0.684 bits per heavy atom. The molecule has 2 aliphatic rings. The van der Waals surface area contributed by atoms with Gasteiger partial charge in [0.05, 0.1) is 0 Å². The summed E-state index contributed by atoms with van der Waals surface area (Å²) < 4.78 is 0. The Morgan fingerprint density at radius 3 is 1.37 bits per heavy atom. The second-order valence-corrected chi connectivity index (χ2v) is 5.71. The zero-order valence-corrected chi connectivity index (χ0v) is 13.7. The fraction of sp³-hybridized carbons (Fsp3) is 0.579. The topological polar surface area (TPSA) is 0 Å². The van der Waals surface area contributed by atoms with Gasteiger partial charge in [0.15, 0.2) is 0 Å². The van der Waals surface area contributed by atoms with Crippen molar-refractivity contribution in [3.8, 4) is 0 Å².